The molecule has 0 aromatic heterocycles. The summed E-state index contributed by atoms with van der Waals surface area (Å²) >= 11 is 0. The molecule has 0 saturated carbocycles. The summed E-state index contributed by atoms with van der Waals surface area (Å²) in [6.07, 6.45) is 12.0. The van der Waals surface area contributed by atoms with E-state index in [1.54, 1.807) is 0 Å². The van der Waals surface area contributed by atoms with Crippen LogP contribution in [0.25, 0.3) is 11.1 Å². The second-order valence-electron chi connectivity index (χ2n) is 19.8. The van der Waals surface area contributed by atoms with Gasteiger partial charge in [-0.05, 0) is 208 Å². The minimum atomic E-state index is -0.158. The molecule has 378 valence electrons. The Kier molecular flexibility index (Phi) is 17.4. The van der Waals surface area contributed by atoms with Gasteiger partial charge in [-0.3, -0.25) is 0 Å². The molecule has 4 aliphatic rings. The molecule has 0 amide bonds. The maximum absolute atomic E-state index is 6.28. The Morgan fingerprint density at radius 2 is 0.653 bits per heavy atom. The van der Waals surface area contributed by atoms with Crippen LogP contribution >= 0.6 is 0 Å². The van der Waals surface area contributed by atoms with Crippen LogP contribution in [0.2, 0.25) is 0 Å². The molecule has 4 fully saturated rings. The van der Waals surface area contributed by atoms with Gasteiger partial charge in [-0.1, -0.05) is 60.7 Å². The fourth-order valence-electron chi connectivity index (χ4n) is 10.3. The zero-order valence-electron chi connectivity index (χ0n) is 42.3. The first kappa shape index (κ1) is 50.1. The number of nitrogens with zero attached hydrogens (tertiary/aromatic N) is 2. The predicted octanol–water partition coefficient (Wildman–Crippen LogP) is 15.1. The van der Waals surface area contributed by atoms with E-state index in [0.29, 0.717) is 26.4 Å². The second kappa shape index (κ2) is 25.0. The van der Waals surface area contributed by atoms with Gasteiger partial charge in [0.2, 0.25) is 0 Å². The summed E-state index contributed by atoms with van der Waals surface area (Å²) in [6, 6.07) is 48.4. The maximum Gasteiger partial charge on any atom is 0.158 e. The summed E-state index contributed by atoms with van der Waals surface area (Å²) in [5.41, 5.74) is 15.4. The minimum absolute atomic E-state index is 0.158. The van der Waals surface area contributed by atoms with Crippen LogP contribution in [0.3, 0.4) is 0 Å². The van der Waals surface area contributed by atoms with Crippen molar-refractivity contribution < 1.29 is 37.9 Å². The average Bonchev–Trinajstić information content (AvgIpc) is 3.43. The van der Waals surface area contributed by atoms with Gasteiger partial charge < -0.3 is 47.7 Å². The van der Waals surface area contributed by atoms with E-state index in [9.17, 15) is 0 Å². The number of aryl methyl sites for hydroxylation is 2. The largest absolute Gasteiger partial charge is 0.353 e. The van der Waals surface area contributed by atoms with E-state index in [1.807, 2.05) is 0 Å². The molecule has 10 rings (SSSR count). The minimum Gasteiger partial charge on any atom is -0.353 e. The van der Waals surface area contributed by atoms with Gasteiger partial charge in [0, 0.05) is 60.6 Å². The van der Waals surface area contributed by atoms with E-state index >= 15 is 0 Å². The highest BCUT2D eigenvalue weighted by atomic mass is 16.7. The zero-order valence-corrected chi connectivity index (χ0v) is 42.3. The van der Waals surface area contributed by atoms with Crippen molar-refractivity contribution in [3.05, 3.63) is 167 Å². The third-order valence-electron chi connectivity index (χ3n) is 14.2. The summed E-state index contributed by atoms with van der Waals surface area (Å²) in [5, 5.41) is 0. The molecule has 0 radical (unpaired) electrons. The van der Waals surface area contributed by atoms with E-state index in [2.05, 4.69) is 157 Å². The predicted molar refractivity (Wildman–Crippen MR) is 284 cm³/mol. The van der Waals surface area contributed by atoms with Crippen LogP contribution in [0.15, 0.2) is 133 Å². The highest BCUT2D eigenvalue weighted by Crippen LogP contribution is 2.42. The molecule has 4 heterocycles. The lowest BCUT2D eigenvalue weighted by molar-refractivity contribution is -0.169. The maximum atomic E-state index is 6.28. The molecule has 0 aliphatic carbocycles. The monoisotopic (exact) mass is 973 g/mol. The van der Waals surface area contributed by atoms with Crippen LogP contribution < -0.4 is 9.80 Å². The molecule has 6 aromatic carbocycles. The van der Waals surface area contributed by atoms with Gasteiger partial charge in [-0.2, -0.15) is 0 Å². The van der Waals surface area contributed by atoms with Crippen molar-refractivity contribution >= 4 is 34.1 Å². The second-order valence-corrected chi connectivity index (χ2v) is 19.8. The highest BCUT2D eigenvalue weighted by molar-refractivity contribution is 5.83. The number of benzene rings is 6. The lowest BCUT2D eigenvalue weighted by atomic mass is 9.98. The molecule has 6 aromatic rings. The Morgan fingerprint density at radius 1 is 0.361 bits per heavy atom. The third kappa shape index (κ3) is 13.2. The van der Waals surface area contributed by atoms with Crippen molar-refractivity contribution in [1.82, 2.24) is 0 Å². The summed E-state index contributed by atoms with van der Waals surface area (Å²) in [4.78, 5) is 4.71. The van der Waals surface area contributed by atoms with Gasteiger partial charge in [0.25, 0.3) is 0 Å². The Balaban J connectivity index is 0.944. The highest BCUT2D eigenvalue weighted by Gasteiger charge is 2.22. The van der Waals surface area contributed by atoms with Crippen LogP contribution in [-0.4, -0.2) is 51.6 Å². The Morgan fingerprint density at radius 3 is 0.903 bits per heavy atom. The molecule has 72 heavy (non-hydrogen) atoms. The number of ether oxygens (including phenoxy) is 8. The number of hydrogen-bond donors (Lipinski definition) is 0. The fourth-order valence-corrected chi connectivity index (χ4v) is 10.3. The quantitative estimate of drug-likeness (QED) is 0.0783. The van der Waals surface area contributed by atoms with Crippen LogP contribution in [0.4, 0.5) is 34.1 Å². The first-order chi connectivity index (χ1) is 35.5. The Bertz CT molecular complexity index is 2350. The fraction of sp³-hybridized carbons (Fsp3) is 0.419. The third-order valence-corrected chi connectivity index (χ3v) is 14.2. The SMILES string of the molecule is Cc1cc(-c2ccc(N(c3cccc(COC4CCCCO4)c3)c3cccc(COC4CCCCO4)c3)c(C)c2)ccc1N(c1cccc(COC2CCCCO2)c1)c1cccc(COC2CCCCO2)c1. The van der Waals surface area contributed by atoms with Crippen molar-refractivity contribution in [2.45, 2.75) is 142 Å². The van der Waals surface area contributed by atoms with Crippen LogP contribution in [0.1, 0.15) is 110 Å². The molecule has 4 saturated heterocycles. The van der Waals surface area contributed by atoms with Gasteiger partial charge in [0.1, 0.15) is 0 Å². The number of anilines is 6. The van der Waals surface area contributed by atoms with Crippen molar-refractivity contribution in [2.24, 2.45) is 0 Å². The smallest absolute Gasteiger partial charge is 0.158 e. The number of hydrogen-bond acceptors (Lipinski definition) is 10. The Hall–Kier alpha value is -5.40. The summed E-state index contributed by atoms with van der Waals surface area (Å²) in [7, 11) is 0. The van der Waals surface area contributed by atoms with Crippen LogP contribution in [0, 0.1) is 13.8 Å². The van der Waals surface area contributed by atoms with E-state index in [-0.39, 0.29) is 25.2 Å². The van der Waals surface area contributed by atoms with Gasteiger partial charge in [-0.15, -0.1) is 0 Å². The molecule has 4 aliphatic heterocycles. The summed E-state index contributed by atoms with van der Waals surface area (Å²) < 4.78 is 48.8. The van der Waals surface area contributed by atoms with Crippen molar-refractivity contribution in [2.75, 3.05) is 36.2 Å². The van der Waals surface area contributed by atoms with Crippen LogP contribution in [-0.2, 0) is 64.3 Å². The normalized spacial score (nSPS) is 20.5. The van der Waals surface area contributed by atoms with Crippen molar-refractivity contribution in [3.8, 4) is 11.1 Å². The lowest BCUT2D eigenvalue weighted by Crippen LogP contribution is -2.22. The molecular weight excluding hydrogens is 901 g/mol. The first-order valence-electron chi connectivity index (χ1n) is 26.6. The molecule has 0 spiro atoms. The van der Waals surface area contributed by atoms with E-state index in [4.69, 9.17) is 37.9 Å². The summed E-state index contributed by atoms with van der Waals surface area (Å²) in [6.45, 7) is 9.38. The van der Waals surface area contributed by atoms with E-state index < -0.39 is 0 Å². The standard InChI is InChI=1S/C62H72N2O8/c1-45-35-51(27-29-57(45)63(53-19-11-15-47(37-53)41-69-59-23-3-7-31-65-59)54-20-12-16-48(38-54)42-70-60-24-4-8-32-66-60)52-28-30-58(46(2)36-52)64(55-21-13-17-49(39-55)43-71-61-25-5-9-33-67-61)56-22-14-18-50(40-56)44-72-62-26-6-10-34-68-62/h11-22,27-30,35-40,59-62H,3-10,23-26,31-34,41-44H2,1-2H3. The Labute approximate surface area is 427 Å². The van der Waals surface area contributed by atoms with E-state index in [1.165, 1.54) is 0 Å². The lowest BCUT2D eigenvalue weighted by Gasteiger charge is -2.29. The van der Waals surface area contributed by atoms with Crippen molar-refractivity contribution in [3.63, 3.8) is 0 Å². The molecular formula is C62H72N2O8. The van der Waals surface area contributed by atoms with Crippen molar-refractivity contribution in [1.29, 1.82) is 0 Å². The van der Waals surface area contributed by atoms with Gasteiger partial charge in [0.05, 0.1) is 26.4 Å². The first-order valence-corrected chi connectivity index (χ1v) is 26.6. The topological polar surface area (TPSA) is 80.3 Å². The zero-order chi connectivity index (χ0) is 48.9. The van der Waals surface area contributed by atoms with E-state index in [0.717, 1.165) is 182 Å². The molecule has 0 bridgehead atoms. The van der Waals surface area contributed by atoms with Gasteiger partial charge >= 0.3 is 0 Å². The molecule has 10 heteroatoms. The molecule has 0 N–H and O–H groups in total. The van der Waals surface area contributed by atoms with Crippen LogP contribution in [0.5, 0.6) is 0 Å². The van der Waals surface area contributed by atoms with Gasteiger partial charge in [0.15, 0.2) is 25.2 Å². The average molecular weight is 973 g/mol. The summed E-state index contributed by atoms with van der Waals surface area (Å²) in [5.74, 6) is 0. The molecule has 4 unspecified atom stereocenters. The molecule has 4 atom stereocenters. The number of rotatable bonds is 19. The molecule has 10 nitrogen and oxygen atoms in total. The van der Waals surface area contributed by atoms with Gasteiger partial charge in [-0.25, -0.2) is 0 Å².